The molecule has 0 spiro atoms. The number of nitriles is 1. The van der Waals surface area contributed by atoms with E-state index < -0.39 is 11.6 Å². The Bertz CT molecular complexity index is 569. The van der Waals surface area contributed by atoms with Gasteiger partial charge in [-0.3, -0.25) is 0 Å². The highest BCUT2D eigenvalue weighted by atomic mass is 19.2. The van der Waals surface area contributed by atoms with Crippen molar-refractivity contribution in [1.82, 2.24) is 4.98 Å². The van der Waals surface area contributed by atoms with Crippen LogP contribution in [0, 0.1) is 23.0 Å². The number of nitrogens with zero attached hydrogens (tertiary/aromatic N) is 1. The zero-order chi connectivity index (χ0) is 11.0. The molecule has 1 aromatic carbocycles. The van der Waals surface area contributed by atoms with Gasteiger partial charge < -0.3 is 9.72 Å². The van der Waals surface area contributed by atoms with Crippen LogP contribution >= 0.6 is 0 Å². The SMILES string of the molecule is COc1cc(F)c(F)c2[nH]c(C#N)cc12. The van der Waals surface area contributed by atoms with Crippen LogP contribution in [0.1, 0.15) is 5.69 Å². The highest BCUT2D eigenvalue weighted by Gasteiger charge is 2.15. The lowest BCUT2D eigenvalue weighted by Gasteiger charge is -2.02. The lowest BCUT2D eigenvalue weighted by molar-refractivity contribution is 0.413. The summed E-state index contributed by atoms with van der Waals surface area (Å²) in [6.07, 6.45) is 0. The second kappa shape index (κ2) is 3.24. The van der Waals surface area contributed by atoms with Gasteiger partial charge in [0.1, 0.15) is 17.5 Å². The molecule has 2 rings (SSSR count). The minimum atomic E-state index is -1.01. The number of halogens is 2. The van der Waals surface area contributed by atoms with Crippen molar-refractivity contribution in [3.05, 3.63) is 29.5 Å². The summed E-state index contributed by atoms with van der Waals surface area (Å²) in [4.78, 5) is 2.47. The average Bonchev–Trinajstić information content (AvgIpc) is 2.67. The molecule has 0 fully saturated rings. The van der Waals surface area contributed by atoms with Gasteiger partial charge in [0.05, 0.1) is 12.6 Å². The summed E-state index contributed by atoms with van der Waals surface area (Å²) < 4.78 is 31.2. The second-order valence-corrected chi connectivity index (χ2v) is 2.96. The number of hydrogen-bond acceptors (Lipinski definition) is 2. The van der Waals surface area contributed by atoms with Gasteiger partial charge in [-0.05, 0) is 6.07 Å². The number of aromatic amines is 1. The number of fused-ring (bicyclic) bond motifs is 1. The van der Waals surface area contributed by atoms with Gasteiger partial charge in [-0.1, -0.05) is 0 Å². The number of hydrogen-bond donors (Lipinski definition) is 1. The van der Waals surface area contributed by atoms with Gasteiger partial charge in [0.25, 0.3) is 0 Å². The Morgan fingerprint density at radius 1 is 1.40 bits per heavy atom. The maximum absolute atomic E-state index is 13.3. The quantitative estimate of drug-likeness (QED) is 0.781. The van der Waals surface area contributed by atoms with Crippen molar-refractivity contribution in [2.24, 2.45) is 0 Å². The van der Waals surface area contributed by atoms with Crippen molar-refractivity contribution in [2.75, 3.05) is 7.11 Å². The van der Waals surface area contributed by atoms with E-state index in [0.29, 0.717) is 5.39 Å². The zero-order valence-corrected chi connectivity index (χ0v) is 7.77. The van der Waals surface area contributed by atoms with E-state index >= 15 is 0 Å². The van der Waals surface area contributed by atoms with Crippen LogP contribution in [0.15, 0.2) is 12.1 Å². The Morgan fingerprint density at radius 3 is 2.73 bits per heavy atom. The van der Waals surface area contributed by atoms with E-state index in [1.807, 2.05) is 6.07 Å². The molecule has 15 heavy (non-hydrogen) atoms. The van der Waals surface area contributed by atoms with Gasteiger partial charge in [0, 0.05) is 11.5 Å². The van der Waals surface area contributed by atoms with Crippen molar-refractivity contribution in [2.45, 2.75) is 0 Å². The van der Waals surface area contributed by atoms with Crippen molar-refractivity contribution in [1.29, 1.82) is 5.26 Å². The number of methoxy groups -OCH3 is 1. The van der Waals surface area contributed by atoms with E-state index in [0.717, 1.165) is 6.07 Å². The third kappa shape index (κ3) is 1.31. The highest BCUT2D eigenvalue weighted by Crippen LogP contribution is 2.30. The fourth-order valence-electron chi connectivity index (χ4n) is 1.43. The summed E-state index contributed by atoms with van der Waals surface area (Å²) in [5.41, 5.74) is 0.108. The Hall–Kier alpha value is -2.09. The fraction of sp³-hybridized carbons (Fsp3) is 0.100. The molecule has 0 aliphatic heterocycles. The van der Waals surface area contributed by atoms with E-state index in [1.54, 1.807) is 0 Å². The zero-order valence-electron chi connectivity index (χ0n) is 7.77. The van der Waals surface area contributed by atoms with Crippen LogP contribution in [0.2, 0.25) is 0 Å². The molecule has 1 heterocycles. The summed E-state index contributed by atoms with van der Waals surface area (Å²) >= 11 is 0. The van der Waals surface area contributed by atoms with Crippen molar-refractivity contribution in [3.63, 3.8) is 0 Å². The molecular weight excluding hydrogens is 202 g/mol. The molecule has 2 aromatic rings. The Kier molecular flexibility index (Phi) is 2.05. The molecule has 5 heteroatoms. The van der Waals surface area contributed by atoms with E-state index in [2.05, 4.69) is 4.98 Å². The number of benzene rings is 1. The molecule has 0 saturated carbocycles. The molecule has 0 unspecified atom stereocenters. The number of H-pyrrole nitrogens is 1. The Morgan fingerprint density at radius 2 is 2.13 bits per heavy atom. The third-order valence-electron chi connectivity index (χ3n) is 2.11. The summed E-state index contributed by atoms with van der Waals surface area (Å²) in [5, 5.41) is 8.98. The molecule has 0 atom stereocenters. The first-order valence-electron chi connectivity index (χ1n) is 4.12. The van der Waals surface area contributed by atoms with Crippen LogP contribution in [-0.4, -0.2) is 12.1 Å². The average molecular weight is 208 g/mol. The first-order chi connectivity index (χ1) is 7.17. The molecule has 0 aliphatic rings. The number of rotatable bonds is 1. The monoisotopic (exact) mass is 208 g/mol. The predicted octanol–water partition coefficient (Wildman–Crippen LogP) is 2.33. The first-order valence-corrected chi connectivity index (χ1v) is 4.12. The topological polar surface area (TPSA) is 48.8 Å². The molecule has 0 radical (unpaired) electrons. The predicted molar refractivity (Wildman–Crippen MR) is 49.5 cm³/mol. The van der Waals surface area contributed by atoms with E-state index in [1.165, 1.54) is 13.2 Å². The molecule has 76 valence electrons. The molecule has 0 saturated heterocycles. The minimum Gasteiger partial charge on any atom is -0.496 e. The normalized spacial score (nSPS) is 10.3. The minimum absolute atomic E-state index is 0.0524. The van der Waals surface area contributed by atoms with Crippen LogP contribution < -0.4 is 4.74 Å². The van der Waals surface area contributed by atoms with E-state index in [4.69, 9.17) is 10.00 Å². The summed E-state index contributed by atoms with van der Waals surface area (Å²) in [5.74, 6) is -1.82. The largest absolute Gasteiger partial charge is 0.496 e. The molecule has 0 bridgehead atoms. The van der Waals surface area contributed by atoms with Gasteiger partial charge >= 0.3 is 0 Å². The lowest BCUT2D eigenvalue weighted by atomic mass is 10.2. The Labute approximate surface area is 83.9 Å². The summed E-state index contributed by atoms with van der Waals surface area (Å²) in [7, 11) is 1.35. The maximum atomic E-state index is 13.3. The van der Waals surface area contributed by atoms with Gasteiger partial charge in [-0.25, -0.2) is 8.78 Å². The van der Waals surface area contributed by atoms with Crippen molar-refractivity contribution < 1.29 is 13.5 Å². The molecule has 1 aromatic heterocycles. The molecule has 0 aliphatic carbocycles. The Balaban J connectivity index is 2.88. The number of nitrogens with one attached hydrogen (secondary N) is 1. The van der Waals surface area contributed by atoms with Crippen LogP contribution in [0.5, 0.6) is 5.75 Å². The smallest absolute Gasteiger partial charge is 0.183 e. The van der Waals surface area contributed by atoms with Crippen LogP contribution in [0.3, 0.4) is 0 Å². The summed E-state index contributed by atoms with van der Waals surface area (Å²) in [6, 6.07) is 4.18. The van der Waals surface area contributed by atoms with Gasteiger partial charge in [0.15, 0.2) is 11.6 Å². The van der Waals surface area contributed by atoms with Crippen LogP contribution in [0.4, 0.5) is 8.78 Å². The van der Waals surface area contributed by atoms with Crippen molar-refractivity contribution >= 4 is 10.9 Å². The maximum Gasteiger partial charge on any atom is 0.183 e. The van der Waals surface area contributed by atoms with Crippen LogP contribution in [-0.2, 0) is 0 Å². The highest BCUT2D eigenvalue weighted by molar-refractivity contribution is 5.88. The van der Waals surface area contributed by atoms with E-state index in [-0.39, 0.29) is 17.0 Å². The fourth-order valence-corrected chi connectivity index (χ4v) is 1.43. The van der Waals surface area contributed by atoms with Gasteiger partial charge in [-0.15, -0.1) is 0 Å². The third-order valence-corrected chi connectivity index (χ3v) is 2.11. The molecule has 3 nitrogen and oxygen atoms in total. The number of aromatic nitrogens is 1. The lowest BCUT2D eigenvalue weighted by Crippen LogP contribution is -1.90. The van der Waals surface area contributed by atoms with Crippen molar-refractivity contribution in [3.8, 4) is 11.8 Å². The first kappa shape index (κ1) is 9.46. The second-order valence-electron chi connectivity index (χ2n) is 2.96. The number of ether oxygens (including phenoxy) is 1. The van der Waals surface area contributed by atoms with Gasteiger partial charge in [-0.2, -0.15) is 5.26 Å². The summed E-state index contributed by atoms with van der Waals surface area (Å²) in [6.45, 7) is 0. The standard InChI is InChI=1S/C10H6F2N2O/c1-15-8-3-7(11)9(12)10-6(8)2-5(4-13)14-10/h2-3,14H,1H3. The molecular formula is C10H6F2N2O. The molecule has 0 amide bonds. The van der Waals surface area contributed by atoms with E-state index in [9.17, 15) is 8.78 Å². The van der Waals surface area contributed by atoms with Gasteiger partial charge in [0.2, 0.25) is 0 Å². The molecule has 1 N–H and O–H groups in total. The van der Waals surface area contributed by atoms with Crippen LogP contribution in [0.25, 0.3) is 10.9 Å².